The normalized spacial score (nSPS) is 11.7. The molecule has 2 aromatic rings. The molecular weight excluding hydrogens is 392 g/mol. The molecule has 3 amide bonds. The molecule has 2 aromatic carbocycles. The highest BCUT2D eigenvalue weighted by Gasteiger charge is 2.27. The molecule has 0 heterocycles. The first kappa shape index (κ1) is 23.0. The fourth-order valence-electron chi connectivity index (χ4n) is 2.72. The van der Waals surface area contributed by atoms with E-state index in [4.69, 9.17) is 0 Å². The molecule has 6 nitrogen and oxygen atoms in total. The molecule has 0 fully saturated rings. The summed E-state index contributed by atoms with van der Waals surface area (Å²) in [6.07, 6.45) is 0.236. The third kappa shape index (κ3) is 5.85. The number of nitrogens with zero attached hydrogens (tertiary/aromatic N) is 1. The second kappa shape index (κ2) is 9.96. The van der Waals surface area contributed by atoms with Gasteiger partial charge in [-0.05, 0) is 35.7 Å². The van der Waals surface area contributed by atoms with E-state index >= 15 is 0 Å². The molecule has 2 N–H and O–H groups in total. The molecular formula is C22H25F2N3O3. The maximum Gasteiger partial charge on any atom is 0.257 e. The summed E-state index contributed by atoms with van der Waals surface area (Å²) >= 11 is 0. The van der Waals surface area contributed by atoms with E-state index in [9.17, 15) is 23.2 Å². The summed E-state index contributed by atoms with van der Waals surface area (Å²) in [6, 6.07) is 8.83. The van der Waals surface area contributed by atoms with Gasteiger partial charge in [0, 0.05) is 19.8 Å². The van der Waals surface area contributed by atoms with Crippen molar-refractivity contribution in [2.45, 2.75) is 26.3 Å². The predicted molar refractivity (Wildman–Crippen MR) is 110 cm³/mol. The molecule has 30 heavy (non-hydrogen) atoms. The van der Waals surface area contributed by atoms with Crippen LogP contribution in [0.15, 0.2) is 42.5 Å². The van der Waals surface area contributed by atoms with Gasteiger partial charge in [-0.1, -0.05) is 32.0 Å². The van der Waals surface area contributed by atoms with Crippen LogP contribution in [0.2, 0.25) is 0 Å². The molecule has 1 atom stereocenters. The molecule has 0 bridgehead atoms. The van der Waals surface area contributed by atoms with Crippen LogP contribution in [0.1, 0.15) is 29.8 Å². The van der Waals surface area contributed by atoms with Crippen LogP contribution < -0.4 is 10.6 Å². The van der Waals surface area contributed by atoms with Gasteiger partial charge < -0.3 is 15.5 Å². The number of anilines is 1. The zero-order valence-corrected chi connectivity index (χ0v) is 17.3. The lowest BCUT2D eigenvalue weighted by atomic mass is 10.0. The standard InChI is InChI=1S/C22H25F2N3O3/c1-13(2)20(26-21(29)19-16(23)6-5-7-17(19)24)22(30)25-15-10-8-14(9-11-15)12-18(28)27(3)4/h5-11,13,20H,12H2,1-4H3,(H,25,30)(H,26,29). The average molecular weight is 417 g/mol. The van der Waals surface area contributed by atoms with E-state index in [1.807, 2.05) is 0 Å². The summed E-state index contributed by atoms with van der Waals surface area (Å²) in [5.74, 6) is -3.91. The minimum Gasteiger partial charge on any atom is -0.349 e. The van der Waals surface area contributed by atoms with Crippen LogP contribution in [0, 0.1) is 17.6 Å². The molecule has 0 saturated heterocycles. The third-order valence-corrected chi connectivity index (χ3v) is 4.50. The Morgan fingerprint density at radius 3 is 2.03 bits per heavy atom. The smallest absolute Gasteiger partial charge is 0.257 e. The highest BCUT2D eigenvalue weighted by atomic mass is 19.1. The molecule has 1 unspecified atom stereocenters. The van der Waals surface area contributed by atoms with Crippen LogP contribution in [-0.4, -0.2) is 42.8 Å². The molecule has 0 aromatic heterocycles. The Bertz CT molecular complexity index is 907. The van der Waals surface area contributed by atoms with Crippen LogP contribution in [0.5, 0.6) is 0 Å². The maximum absolute atomic E-state index is 13.9. The summed E-state index contributed by atoms with van der Waals surface area (Å²) in [5.41, 5.74) is 0.527. The van der Waals surface area contributed by atoms with Gasteiger partial charge in [0.05, 0.1) is 6.42 Å². The van der Waals surface area contributed by atoms with E-state index in [2.05, 4.69) is 10.6 Å². The minimum atomic E-state index is -1.01. The van der Waals surface area contributed by atoms with Crippen molar-refractivity contribution in [3.05, 3.63) is 65.2 Å². The Hall–Kier alpha value is -3.29. The van der Waals surface area contributed by atoms with E-state index in [-0.39, 0.29) is 18.2 Å². The van der Waals surface area contributed by atoms with Gasteiger partial charge in [0.15, 0.2) is 0 Å². The number of carbonyl (C=O) groups excluding carboxylic acids is 3. The van der Waals surface area contributed by atoms with Crippen molar-refractivity contribution in [1.29, 1.82) is 0 Å². The Morgan fingerprint density at radius 2 is 1.53 bits per heavy atom. The van der Waals surface area contributed by atoms with Gasteiger partial charge >= 0.3 is 0 Å². The molecule has 0 radical (unpaired) electrons. The highest BCUT2D eigenvalue weighted by molar-refractivity contribution is 6.01. The zero-order valence-electron chi connectivity index (χ0n) is 17.3. The number of amides is 3. The van der Waals surface area contributed by atoms with E-state index in [0.29, 0.717) is 5.69 Å². The molecule has 8 heteroatoms. The predicted octanol–water partition coefficient (Wildman–Crippen LogP) is 2.99. The van der Waals surface area contributed by atoms with E-state index in [1.165, 1.54) is 4.90 Å². The molecule has 0 aliphatic carbocycles. The topological polar surface area (TPSA) is 78.5 Å². The lowest BCUT2D eigenvalue weighted by Crippen LogP contribution is -2.47. The van der Waals surface area contributed by atoms with Crippen LogP contribution in [0.4, 0.5) is 14.5 Å². The van der Waals surface area contributed by atoms with Crippen molar-refractivity contribution in [2.24, 2.45) is 5.92 Å². The molecule has 0 aliphatic rings. The lowest BCUT2D eigenvalue weighted by molar-refractivity contribution is -0.128. The van der Waals surface area contributed by atoms with Gasteiger partial charge in [-0.25, -0.2) is 8.78 Å². The van der Waals surface area contributed by atoms with Gasteiger partial charge in [-0.3, -0.25) is 14.4 Å². The lowest BCUT2D eigenvalue weighted by Gasteiger charge is -2.22. The first-order valence-electron chi connectivity index (χ1n) is 9.45. The maximum atomic E-state index is 13.9. The molecule has 2 rings (SSSR count). The molecule has 160 valence electrons. The van der Waals surface area contributed by atoms with Gasteiger partial charge in [0.25, 0.3) is 5.91 Å². The van der Waals surface area contributed by atoms with Crippen LogP contribution >= 0.6 is 0 Å². The van der Waals surface area contributed by atoms with Gasteiger partial charge in [-0.2, -0.15) is 0 Å². The van der Waals surface area contributed by atoms with Gasteiger partial charge in [0.2, 0.25) is 11.8 Å². The summed E-state index contributed by atoms with van der Waals surface area (Å²) in [6.45, 7) is 3.41. The van der Waals surface area contributed by atoms with Crippen molar-refractivity contribution in [1.82, 2.24) is 10.2 Å². The number of likely N-dealkylation sites (N-methyl/N-ethyl adjacent to an activating group) is 1. The summed E-state index contributed by atoms with van der Waals surface area (Å²) in [5, 5.41) is 5.08. The number of carbonyl (C=O) groups is 3. The number of hydrogen-bond donors (Lipinski definition) is 2. The van der Waals surface area contributed by atoms with Crippen molar-refractivity contribution in [3.63, 3.8) is 0 Å². The number of rotatable bonds is 7. The SMILES string of the molecule is CC(C)C(NC(=O)c1c(F)cccc1F)C(=O)Nc1ccc(CC(=O)N(C)C)cc1. The second-order valence-electron chi connectivity index (χ2n) is 7.44. The zero-order chi connectivity index (χ0) is 22.4. The van der Waals surface area contributed by atoms with E-state index < -0.39 is 35.1 Å². The monoisotopic (exact) mass is 417 g/mol. The fourth-order valence-corrected chi connectivity index (χ4v) is 2.72. The van der Waals surface area contributed by atoms with Gasteiger partial charge in [-0.15, -0.1) is 0 Å². The first-order chi connectivity index (χ1) is 14.1. The average Bonchev–Trinajstić information content (AvgIpc) is 2.67. The Balaban J connectivity index is 2.09. The van der Waals surface area contributed by atoms with Crippen LogP contribution in [-0.2, 0) is 16.0 Å². The Morgan fingerprint density at radius 1 is 0.967 bits per heavy atom. The number of hydrogen-bond acceptors (Lipinski definition) is 3. The van der Waals surface area contributed by atoms with E-state index in [1.54, 1.807) is 52.2 Å². The molecule has 0 aliphatic heterocycles. The van der Waals surface area contributed by atoms with Crippen molar-refractivity contribution < 1.29 is 23.2 Å². The molecule has 0 saturated carbocycles. The summed E-state index contributed by atoms with van der Waals surface area (Å²) in [4.78, 5) is 38.3. The van der Waals surface area contributed by atoms with Crippen LogP contribution in [0.3, 0.4) is 0 Å². The number of benzene rings is 2. The highest BCUT2D eigenvalue weighted by Crippen LogP contribution is 2.15. The number of halogens is 2. The summed E-state index contributed by atoms with van der Waals surface area (Å²) < 4.78 is 27.7. The van der Waals surface area contributed by atoms with Crippen molar-refractivity contribution in [3.8, 4) is 0 Å². The van der Waals surface area contributed by atoms with Gasteiger partial charge in [0.1, 0.15) is 23.2 Å². The van der Waals surface area contributed by atoms with Crippen LogP contribution in [0.25, 0.3) is 0 Å². The number of nitrogens with one attached hydrogen (secondary N) is 2. The summed E-state index contributed by atoms with van der Waals surface area (Å²) in [7, 11) is 3.34. The molecule has 0 spiro atoms. The fraction of sp³-hybridized carbons (Fsp3) is 0.318. The van der Waals surface area contributed by atoms with E-state index in [0.717, 1.165) is 23.8 Å². The second-order valence-corrected chi connectivity index (χ2v) is 7.44. The Labute approximate surface area is 174 Å². The van der Waals surface area contributed by atoms with Crippen molar-refractivity contribution in [2.75, 3.05) is 19.4 Å². The Kier molecular flexibility index (Phi) is 7.63. The quantitative estimate of drug-likeness (QED) is 0.727. The third-order valence-electron chi connectivity index (χ3n) is 4.50. The van der Waals surface area contributed by atoms with Crippen molar-refractivity contribution >= 4 is 23.4 Å². The first-order valence-corrected chi connectivity index (χ1v) is 9.45. The minimum absolute atomic E-state index is 0.0465. The largest absolute Gasteiger partial charge is 0.349 e.